The minimum atomic E-state index is -0.551. The molecule has 1 aromatic rings. The Morgan fingerprint density at radius 1 is 1.50 bits per heavy atom. The van der Waals surface area contributed by atoms with Crippen molar-refractivity contribution in [1.29, 1.82) is 0 Å². The van der Waals surface area contributed by atoms with Crippen LogP contribution in [0.5, 0.6) is 0 Å². The molecule has 0 aliphatic heterocycles. The highest BCUT2D eigenvalue weighted by molar-refractivity contribution is 5.94. The molecule has 0 aliphatic rings. The van der Waals surface area contributed by atoms with E-state index in [2.05, 4.69) is 5.32 Å². The van der Waals surface area contributed by atoms with Crippen LogP contribution >= 0.6 is 0 Å². The van der Waals surface area contributed by atoms with Gasteiger partial charge in [-0.25, -0.2) is 0 Å². The number of nitrogens with one attached hydrogen (secondary N) is 1. The number of amides is 1. The first kappa shape index (κ1) is 12.1. The van der Waals surface area contributed by atoms with Gasteiger partial charge in [-0.15, -0.1) is 0 Å². The van der Waals surface area contributed by atoms with Gasteiger partial charge in [-0.05, 0) is 12.5 Å². The van der Waals surface area contributed by atoms with Crippen LogP contribution in [0, 0.1) is 10.1 Å². The number of benzene rings is 1. The molecule has 0 unspecified atom stereocenters. The van der Waals surface area contributed by atoms with Crippen LogP contribution in [-0.4, -0.2) is 29.1 Å². The summed E-state index contributed by atoms with van der Waals surface area (Å²) in [6.45, 7) is 0.341. The highest BCUT2D eigenvalue weighted by Gasteiger charge is 2.10. The number of carbonyl (C=O) groups is 1. The van der Waals surface area contributed by atoms with E-state index in [0.29, 0.717) is 13.0 Å². The number of carbonyl (C=O) groups excluding carboxylic acids is 1. The molecule has 0 aliphatic carbocycles. The maximum Gasteiger partial charge on any atom is 0.270 e. The Kier molecular flexibility index (Phi) is 4.41. The lowest BCUT2D eigenvalue weighted by Crippen LogP contribution is -2.24. The Balaban J connectivity index is 2.68. The molecule has 0 aromatic heterocycles. The predicted octanol–water partition coefficient (Wildman–Crippen LogP) is 0.707. The van der Waals surface area contributed by atoms with Gasteiger partial charge in [0.2, 0.25) is 0 Å². The van der Waals surface area contributed by atoms with Crippen molar-refractivity contribution >= 4 is 11.6 Å². The third-order valence-corrected chi connectivity index (χ3v) is 1.94. The molecule has 2 N–H and O–H groups in total. The van der Waals surface area contributed by atoms with Crippen molar-refractivity contribution in [2.75, 3.05) is 13.2 Å². The van der Waals surface area contributed by atoms with E-state index in [1.165, 1.54) is 24.3 Å². The second kappa shape index (κ2) is 5.82. The van der Waals surface area contributed by atoms with Gasteiger partial charge < -0.3 is 10.4 Å². The van der Waals surface area contributed by atoms with Crippen LogP contribution < -0.4 is 5.32 Å². The summed E-state index contributed by atoms with van der Waals surface area (Å²) in [5.74, 6) is -0.378. The molecule has 1 rings (SSSR count). The van der Waals surface area contributed by atoms with Gasteiger partial charge in [-0.2, -0.15) is 0 Å². The average molecular weight is 224 g/mol. The lowest BCUT2D eigenvalue weighted by Gasteiger charge is -2.03. The fourth-order valence-corrected chi connectivity index (χ4v) is 1.14. The zero-order chi connectivity index (χ0) is 12.0. The molecule has 0 heterocycles. The molecule has 0 saturated carbocycles. The molecular formula is C10H12N2O4. The van der Waals surface area contributed by atoms with Crippen molar-refractivity contribution in [3.63, 3.8) is 0 Å². The standard InChI is InChI=1S/C10H12N2O4/c13-6-2-5-11-10(14)8-3-1-4-9(7-8)12(15)16/h1,3-4,7,13H,2,5-6H2,(H,11,14). The van der Waals surface area contributed by atoms with Gasteiger partial charge in [0.15, 0.2) is 0 Å². The van der Waals surface area contributed by atoms with Gasteiger partial charge in [0.25, 0.3) is 11.6 Å². The normalized spacial score (nSPS) is 9.81. The number of rotatable bonds is 5. The van der Waals surface area contributed by atoms with E-state index in [0.717, 1.165) is 0 Å². The molecule has 0 fully saturated rings. The lowest BCUT2D eigenvalue weighted by atomic mass is 10.2. The largest absolute Gasteiger partial charge is 0.396 e. The summed E-state index contributed by atoms with van der Waals surface area (Å²) in [6.07, 6.45) is 0.459. The summed E-state index contributed by atoms with van der Waals surface area (Å²) in [6, 6.07) is 5.50. The van der Waals surface area contributed by atoms with Crippen LogP contribution in [0.2, 0.25) is 0 Å². The SMILES string of the molecule is O=C(NCCCO)c1cccc([N+](=O)[O-])c1. The fraction of sp³-hybridized carbons (Fsp3) is 0.300. The molecule has 86 valence electrons. The first-order valence-electron chi connectivity index (χ1n) is 4.78. The third kappa shape index (κ3) is 3.32. The highest BCUT2D eigenvalue weighted by atomic mass is 16.6. The number of nitro groups is 1. The summed E-state index contributed by atoms with van der Waals surface area (Å²) in [7, 11) is 0. The van der Waals surface area contributed by atoms with Crippen molar-refractivity contribution in [2.45, 2.75) is 6.42 Å². The van der Waals surface area contributed by atoms with E-state index in [-0.39, 0.29) is 23.8 Å². The first-order valence-corrected chi connectivity index (χ1v) is 4.78. The summed E-state index contributed by atoms with van der Waals surface area (Å²) in [5.41, 5.74) is 0.127. The van der Waals surface area contributed by atoms with Gasteiger partial charge >= 0.3 is 0 Å². The summed E-state index contributed by atoms with van der Waals surface area (Å²) in [5, 5.41) is 21.5. The monoisotopic (exact) mass is 224 g/mol. The van der Waals surface area contributed by atoms with Gasteiger partial charge in [0.1, 0.15) is 0 Å². The molecule has 0 bridgehead atoms. The van der Waals surface area contributed by atoms with E-state index in [4.69, 9.17) is 5.11 Å². The molecule has 6 heteroatoms. The Hall–Kier alpha value is -1.95. The van der Waals surface area contributed by atoms with Crippen molar-refractivity contribution in [3.8, 4) is 0 Å². The number of nitro benzene ring substituents is 1. The molecule has 0 spiro atoms. The zero-order valence-electron chi connectivity index (χ0n) is 8.55. The van der Waals surface area contributed by atoms with E-state index in [1.807, 2.05) is 0 Å². The number of hydrogen-bond acceptors (Lipinski definition) is 4. The number of aliphatic hydroxyl groups excluding tert-OH is 1. The molecule has 6 nitrogen and oxygen atoms in total. The summed E-state index contributed by atoms with van der Waals surface area (Å²) in [4.78, 5) is 21.4. The Morgan fingerprint density at radius 2 is 2.25 bits per heavy atom. The van der Waals surface area contributed by atoms with Gasteiger partial charge in [-0.1, -0.05) is 6.07 Å². The van der Waals surface area contributed by atoms with Crippen molar-refractivity contribution in [2.24, 2.45) is 0 Å². The average Bonchev–Trinajstić information content (AvgIpc) is 2.29. The Morgan fingerprint density at radius 3 is 2.88 bits per heavy atom. The molecule has 16 heavy (non-hydrogen) atoms. The maximum absolute atomic E-state index is 11.5. The minimum Gasteiger partial charge on any atom is -0.396 e. The molecule has 0 atom stereocenters. The highest BCUT2D eigenvalue weighted by Crippen LogP contribution is 2.12. The topological polar surface area (TPSA) is 92.5 Å². The maximum atomic E-state index is 11.5. The van der Waals surface area contributed by atoms with Crippen LogP contribution in [0.1, 0.15) is 16.8 Å². The predicted molar refractivity (Wildman–Crippen MR) is 57.1 cm³/mol. The van der Waals surface area contributed by atoms with E-state index < -0.39 is 4.92 Å². The molecule has 0 radical (unpaired) electrons. The molecule has 1 aromatic carbocycles. The van der Waals surface area contributed by atoms with Gasteiger partial charge in [0.05, 0.1) is 4.92 Å². The summed E-state index contributed by atoms with van der Waals surface area (Å²) < 4.78 is 0. The Bertz CT molecular complexity index is 392. The fourth-order valence-electron chi connectivity index (χ4n) is 1.14. The van der Waals surface area contributed by atoms with Crippen LogP contribution in [0.4, 0.5) is 5.69 Å². The zero-order valence-corrected chi connectivity index (χ0v) is 8.55. The smallest absolute Gasteiger partial charge is 0.270 e. The molecular weight excluding hydrogens is 212 g/mol. The Labute approximate surface area is 92.0 Å². The summed E-state index contributed by atoms with van der Waals surface area (Å²) >= 11 is 0. The van der Waals surface area contributed by atoms with E-state index in [1.54, 1.807) is 0 Å². The van der Waals surface area contributed by atoms with Crippen LogP contribution in [0.25, 0.3) is 0 Å². The number of non-ortho nitro benzene ring substituents is 1. The number of hydrogen-bond donors (Lipinski definition) is 2. The second-order valence-electron chi connectivity index (χ2n) is 3.14. The van der Waals surface area contributed by atoms with E-state index in [9.17, 15) is 14.9 Å². The first-order chi connectivity index (χ1) is 7.65. The van der Waals surface area contributed by atoms with Crippen molar-refractivity contribution in [1.82, 2.24) is 5.32 Å². The third-order valence-electron chi connectivity index (χ3n) is 1.94. The van der Waals surface area contributed by atoms with Crippen LogP contribution in [-0.2, 0) is 0 Å². The van der Waals surface area contributed by atoms with Crippen molar-refractivity contribution < 1.29 is 14.8 Å². The van der Waals surface area contributed by atoms with E-state index >= 15 is 0 Å². The molecule has 1 amide bonds. The van der Waals surface area contributed by atoms with Gasteiger partial charge in [0, 0.05) is 30.8 Å². The van der Waals surface area contributed by atoms with Crippen molar-refractivity contribution in [3.05, 3.63) is 39.9 Å². The quantitative estimate of drug-likeness (QED) is 0.437. The molecule has 0 saturated heterocycles. The minimum absolute atomic E-state index is 0.00474. The number of aliphatic hydroxyl groups is 1. The second-order valence-corrected chi connectivity index (χ2v) is 3.14. The number of nitrogens with zero attached hydrogens (tertiary/aromatic N) is 1. The van der Waals surface area contributed by atoms with Crippen LogP contribution in [0.3, 0.4) is 0 Å². The van der Waals surface area contributed by atoms with Gasteiger partial charge in [-0.3, -0.25) is 14.9 Å². The van der Waals surface area contributed by atoms with Crippen LogP contribution in [0.15, 0.2) is 24.3 Å². The lowest BCUT2D eigenvalue weighted by molar-refractivity contribution is -0.384.